The lowest BCUT2D eigenvalue weighted by Crippen LogP contribution is -1.90. The van der Waals surface area contributed by atoms with Crippen molar-refractivity contribution in [2.24, 2.45) is 0 Å². The van der Waals surface area contributed by atoms with Crippen LogP contribution in [0.1, 0.15) is 0 Å². The second-order valence-electron chi connectivity index (χ2n) is 4.51. The zero-order chi connectivity index (χ0) is 14.8. The third kappa shape index (κ3) is 2.73. The van der Waals surface area contributed by atoms with Crippen molar-refractivity contribution in [3.8, 4) is 28.2 Å². The fraction of sp³-hybridized carbons (Fsp3) is 0.0625. The average Bonchev–Trinajstić information content (AvgIpc) is 2.89. The summed E-state index contributed by atoms with van der Waals surface area (Å²) >= 11 is 2.26. The van der Waals surface area contributed by atoms with E-state index in [-0.39, 0.29) is 0 Å². The number of hydrogen-bond acceptors (Lipinski definition) is 4. The predicted octanol–water partition coefficient (Wildman–Crippen LogP) is 4.20. The maximum absolute atomic E-state index is 5.99. The van der Waals surface area contributed by atoms with Crippen molar-refractivity contribution in [3.05, 3.63) is 52.1 Å². The molecule has 106 valence electrons. The molecule has 0 radical (unpaired) electrons. The smallest absolute Gasteiger partial charge is 0.176 e. The minimum absolute atomic E-state index is 0.372. The molecule has 0 saturated carbocycles. The highest BCUT2D eigenvalue weighted by Crippen LogP contribution is 2.37. The first-order valence-corrected chi connectivity index (χ1v) is 7.42. The van der Waals surface area contributed by atoms with Gasteiger partial charge in [-0.25, -0.2) is 0 Å². The topological polar surface area (TPSA) is 61.3 Å². The number of rotatable bonds is 3. The highest BCUT2D eigenvalue weighted by atomic mass is 127. The molecule has 2 N–H and O–H groups in total. The number of methoxy groups -OCH3 is 1. The monoisotopic (exact) mass is 392 g/mol. The largest absolute Gasteiger partial charge is 0.497 e. The van der Waals surface area contributed by atoms with Gasteiger partial charge in [0.2, 0.25) is 0 Å². The number of benzene rings is 2. The Morgan fingerprint density at radius 2 is 1.86 bits per heavy atom. The SMILES string of the molecule is COc1cccc(-c2c(N)noc2-c2cccc(I)c2)c1. The second kappa shape index (κ2) is 5.77. The van der Waals surface area contributed by atoms with Crippen LogP contribution >= 0.6 is 22.6 Å². The first-order valence-electron chi connectivity index (χ1n) is 6.34. The summed E-state index contributed by atoms with van der Waals surface area (Å²) in [5, 5.41) is 3.91. The highest BCUT2D eigenvalue weighted by molar-refractivity contribution is 14.1. The van der Waals surface area contributed by atoms with Gasteiger partial charge in [0.1, 0.15) is 5.75 Å². The number of nitrogens with two attached hydrogens (primary N) is 1. The van der Waals surface area contributed by atoms with Crippen molar-refractivity contribution in [3.63, 3.8) is 0 Å². The first-order chi connectivity index (χ1) is 10.2. The number of halogens is 1. The van der Waals surface area contributed by atoms with Gasteiger partial charge in [-0.15, -0.1) is 0 Å². The van der Waals surface area contributed by atoms with Gasteiger partial charge in [-0.05, 0) is 52.4 Å². The Hall–Kier alpha value is -2.02. The summed E-state index contributed by atoms with van der Waals surface area (Å²) in [6.07, 6.45) is 0. The van der Waals surface area contributed by atoms with Gasteiger partial charge >= 0.3 is 0 Å². The molecule has 0 atom stereocenters. The molecular formula is C16H13IN2O2. The lowest BCUT2D eigenvalue weighted by molar-refractivity contribution is 0.415. The van der Waals surface area contributed by atoms with Gasteiger partial charge < -0.3 is 15.0 Å². The quantitative estimate of drug-likeness (QED) is 0.679. The fourth-order valence-corrected chi connectivity index (χ4v) is 2.73. The molecule has 0 unspecified atom stereocenters. The molecule has 1 aromatic heterocycles. The Bertz CT molecular complexity index is 783. The van der Waals surface area contributed by atoms with E-state index >= 15 is 0 Å². The second-order valence-corrected chi connectivity index (χ2v) is 5.76. The van der Waals surface area contributed by atoms with Crippen LogP contribution in [-0.2, 0) is 0 Å². The minimum atomic E-state index is 0.372. The molecule has 0 aliphatic rings. The minimum Gasteiger partial charge on any atom is -0.497 e. The summed E-state index contributed by atoms with van der Waals surface area (Å²) in [7, 11) is 1.64. The van der Waals surface area contributed by atoms with Gasteiger partial charge in [-0.3, -0.25) is 0 Å². The van der Waals surface area contributed by atoms with Crippen molar-refractivity contribution < 1.29 is 9.26 Å². The molecule has 3 rings (SSSR count). The summed E-state index contributed by atoms with van der Waals surface area (Å²) in [4.78, 5) is 0. The third-order valence-corrected chi connectivity index (χ3v) is 3.83. The summed E-state index contributed by atoms with van der Waals surface area (Å²) in [6, 6.07) is 15.7. The van der Waals surface area contributed by atoms with Gasteiger partial charge in [0.05, 0.1) is 12.7 Å². The number of ether oxygens (including phenoxy) is 1. The molecule has 0 aliphatic heterocycles. The normalized spacial score (nSPS) is 10.6. The molecule has 0 spiro atoms. The molecule has 0 saturated heterocycles. The number of aromatic nitrogens is 1. The Morgan fingerprint density at radius 1 is 1.10 bits per heavy atom. The lowest BCUT2D eigenvalue weighted by Gasteiger charge is -2.05. The Balaban J connectivity index is 2.17. The standard InChI is InChI=1S/C16H13IN2O2/c1-20-13-7-3-4-10(9-13)14-15(21-19-16(14)18)11-5-2-6-12(17)8-11/h2-9H,1H3,(H2,18,19). The molecule has 0 aliphatic carbocycles. The fourth-order valence-electron chi connectivity index (χ4n) is 2.19. The summed E-state index contributed by atoms with van der Waals surface area (Å²) < 4.78 is 11.8. The molecule has 0 fully saturated rings. The summed E-state index contributed by atoms with van der Waals surface area (Å²) in [6.45, 7) is 0. The van der Waals surface area contributed by atoms with Gasteiger partial charge in [0.25, 0.3) is 0 Å². The van der Waals surface area contributed by atoms with Crippen LogP contribution in [0.15, 0.2) is 53.1 Å². The third-order valence-electron chi connectivity index (χ3n) is 3.16. The summed E-state index contributed by atoms with van der Waals surface area (Å²) in [5.41, 5.74) is 8.65. The van der Waals surface area contributed by atoms with E-state index in [1.54, 1.807) is 7.11 Å². The molecule has 2 aromatic carbocycles. The van der Waals surface area contributed by atoms with Crippen molar-refractivity contribution in [1.29, 1.82) is 0 Å². The Morgan fingerprint density at radius 3 is 2.62 bits per heavy atom. The molecule has 1 heterocycles. The van der Waals surface area contributed by atoms with Crippen molar-refractivity contribution in [2.45, 2.75) is 0 Å². The molecule has 5 heteroatoms. The predicted molar refractivity (Wildman–Crippen MR) is 91.1 cm³/mol. The summed E-state index contributed by atoms with van der Waals surface area (Å²) in [5.74, 6) is 1.80. The molecule has 0 bridgehead atoms. The zero-order valence-corrected chi connectivity index (χ0v) is 13.5. The lowest BCUT2D eigenvalue weighted by atomic mass is 10.0. The van der Waals surface area contributed by atoms with E-state index in [0.29, 0.717) is 11.6 Å². The average molecular weight is 392 g/mol. The van der Waals surface area contributed by atoms with Crippen LogP contribution in [-0.4, -0.2) is 12.3 Å². The maximum Gasteiger partial charge on any atom is 0.176 e. The zero-order valence-electron chi connectivity index (χ0n) is 11.3. The Kier molecular flexibility index (Phi) is 3.83. The van der Waals surface area contributed by atoms with E-state index in [4.69, 9.17) is 15.0 Å². The van der Waals surface area contributed by atoms with Crippen LogP contribution in [0.3, 0.4) is 0 Å². The van der Waals surface area contributed by atoms with Crippen LogP contribution < -0.4 is 10.5 Å². The van der Waals surface area contributed by atoms with Crippen LogP contribution in [0.25, 0.3) is 22.5 Å². The molecule has 21 heavy (non-hydrogen) atoms. The van der Waals surface area contributed by atoms with E-state index in [2.05, 4.69) is 27.7 Å². The van der Waals surface area contributed by atoms with Gasteiger partial charge in [0.15, 0.2) is 11.6 Å². The van der Waals surface area contributed by atoms with Crippen LogP contribution in [0.4, 0.5) is 5.82 Å². The molecule has 4 nitrogen and oxygen atoms in total. The van der Waals surface area contributed by atoms with Gasteiger partial charge in [-0.2, -0.15) is 0 Å². The number of nitrogens with zero attached hydrogens (tertiary/aromatic N) is 1. The number of hydrogen-bond donors (Lipinski definition) is 1. The van der Waals surface area contributed by atoms with Gasteiger partial charge in [-0.1, -0.05) is 29.4 Å². The van der Waals surface area contributed by atoms with Crippen LogP contribution in [0.5, 0.6) is 5.75 Å². The van der Waals surface area contributed by atoms with Crippen LogP contribution in [0, 0.1) is 3.57 Å². The van der Waals surface area contributed by atoms with Gasteiger partial charge in [0, 0.05) is 9.13 Å². The Labute approximate surface area is 136 Å². The van der Waals surface area contributed by atoms with E-state index in [1.165, 1.54) is 0 Å². The van der Waals surface area contributed by atoms with E-state index in [1.807, 2.05) is 48.5 Å². The van der Waals surface area contributed by atoms with Crippen molar-refractivity contribution in [2.75, 3.05) is 12.8 Å². The highest BCUT2D eigenvalue weighted by Gasteiger charge is 2.18. The first kappa shape index (κ1) is 13.9. The van der Waals surface area contributed by atoms with E-state index in [9.17, 15) is 0 Å². The molecular weight excluding hydrogens is 379 g/mol. The van der Waals surface area contributed by atoms with E-state index < -0.39 is 0 Å². The molecule has 3 aromatic rings. The van der Waals surface area contributed by atoms with Crippen molar-refractivity contribution >= 4 is 28.4 Å². The van der Waals surface area contributed by atoms with Crippen LogP contribution in [0.2, 0.25) is 0 Å². The number of nitrogen functional groups attached to an aromatic ring is 1. The van der Waals surface area contributed by atoms with Crippen molar-refractivity contribution in [1.82, 2.24) is 5.16 Å². The molecule has 0 amide bonds. The van der Waals surface area contributed by atoms with E-state index in [0.717, 1.165) is 26.0 Å². The number of anilines is 1. The maximum atomic E-state index is 5.99.